The zero-order valence-corrected chi connectivity index (χ0v) is 18.6. The highest BCUT2D eigenvalue weighted by Crippen LogP contribution is 2.29. The van der Waals surface area contributed by atoms with Gasteiger partial charge in [0.25, 0.3) is 5.91 Å². The standard InChI is InChI=1S/C28H24N4O/c1-3-21-14-16-22(17-15-21)27-23(19-31(30-27)24-10-6-4-7-11-24)18-26-20(2)29-32(28(26)33)25-12-8-5-9-13-25/h4-19H,3H2,1-2H3. The largest absolute Gasteiger partial charge is 0.280 e. The molecule has 1 aromatic heterocycles. The van der Waals surface area contributed by atoms with E-state index in [1.807, 2.05) is 84.5 Å². The molecular weight excluding hydrogens is 408 g/mol. The summed E-state index contributed by atoms with van der Waals surface area (Å²) >= 11 is 0. The van der Waals surface area contributed by atoms with Gasteiger partial charge in [-0.05, 0) is 49.2 Å². The fourth-order valence-electron chi connectivity index (χ4n) is 3.91. The summed E-state index contributed by atoms with van der Waals surface area (Å²) in [5.74, 6) is -0.140. The van der Waals surface area contributed by atoms with Crippen molar-refractivity contribution in [3.05, 3.63) is 108 Å². The van der Waals surface area contributed by atoms with Gasteiger partial charge in [0.15, 0.2) is 0 Å². The number of para-hydroxylation sites is 2. The Morgan fingerprint density at radius 3 is 2.12 bits per heavy atom. The number of rotatable bonds is 5. The molecule has 0 atom stereocenters. The fraction of sp³-hybridized carbons (Fsp3) is 0.107. The topological polar surface area (TPSA) is 50.5 Å². The van der Waals surface area contributed by atoms with Crippen LogP contribution >= 0.6 is 0 Å². The minimum atomic E-state index is -0.140. The van der Waals surface area contributed by atoms with E-state index in [1.54, 1.807) is 0 Å². The molecule has 0 aliphatic carbocycles. The highest BCUT2D eigenvalue weighted by atomic mass is 16.2. The van der Waals surface area contributed by atoms with E-state index in [0.29, 0.717) is 11.3 Å². The number of hydrazone groups is 1. The normalized spacial score (nSPS) is 14.7. The number of hydrogen-bond donors (Lipinski definition) is 0. The molecule has 1 aliphatic heterocycles. The van der Waals surface area contributed by atoms with Crippen molar-refractivity contribution in [1.82, 2.24) is 9.78 Å². The van der Waals surface area contributed by atoms with Gasteiger partial charge in [-0.1, -0.05) is 67.6 Å². The molecule has 2 heterocycles. The van der Waals surface area contributed by atoms with Crippen LogP contribution in [-0.2, 0) is 11.2 Å². The Morgan fingerprint density at radius 2 is 1.48 bits per heavy atom. The van der Waals surface area contributed by atoms with E-state index in [4.69, 9.17) is 5.10 Å². The summed E-state index contributed by atoms with van der Waals surface area (Å²) in [5.41, 5.74) is 6.94. The van der Waals surface area contributed by atoms with Gasteiger partial charge < -0.3 is 0 Å². The lowest BCUT2D eigenvalue weighted by molar-refractivity contribution is -0.114. The third-order valence-corrected chi connectivity index (χ3v) is 5.76. The maximum absolute atomic E-state index is 13.2. The van der Waals surface area contributed by atoms with E-state index in [0.717, 1.165) is 34.6 Å². The van der Waals surface area contributed by atoms with Crippen molar-refractivity contribution in [3.63, 3.8) is 0 Å². The Kier molecular flexibility index (Phi) is 5.45. The van der Waals surface area contributed by atoms with Crippen LogP contribution in [0.1, 0.15) is 25.0 Å². The van der Waals surface area contributed by atoms with Gasteiger partial charge in [-0.25, -0.2) is 4.68 Å². The summed E-state index contributed by atoms with van der Waals surface area (Å²) in [6.45, 7) is 4.01. The second kappa shape index (κ2) is 8.71. The van der Waals surface area contributed by atoms with Crippen LogP contribution in [0, 0.1) is 0 Å². The minimum Gasteiger partial charge on any atom is -0.267 e. The third kappa shape index (κ3) is 4.01. The molecule has 1 aliphatic rings. The summed E-state index contributed by atoms with van der Waals surface area (Å²) in [4.78, 5) is 13.2. The predicted octanol–water partition coefficient (Wildman–Crippen LogP) is 5.91. The fourth-order valence-corrected chi connectivity index (χ4v) is 3.91. The van der Waals surface area contributed by atoms with Gasteiger partial charge >= 0.3 is 0 Å². The zero-order valence-electron chi connectivity index (χ0n) is 18.6. The minimum absolute atomic E-state index is 0.140. The lowest BCUT2D eigenvalue weighted by atomic mass is 10.0. The van der Waals surface area contributed by atoms with E-state index >= 15 is 0 Å². The second-order valence-corrected chi connectivity index (χ2v) is 7.96. The number of amides is 1. The van der Waals surface area contributed by atoms with Gasteiger partial charge in [-0.3, -0.25) is 4.79 Å². The van der Waals surface area contributed by atoms with Crippen LogP contribution in [0.4, 0.5) is 5.69 Å². The summed E-state index contributed by atoms with van der Waals surface area (Å²) in [5, 5.41) is 10.9. The molecule has 0 fully saturated rings. The molecule has 5 nitrogen and oxygen atoms in total. The maximum Gasteiger partial charge on any atom is 0.280 e. The number of aryl methyl sites for hydroxylation is 1. The monoisotopic (exact) mass is 432 g/mol. The van der Waals surface area contributed by atoms with E-state index in [9.17, 15) is 4.79 Å². The first-order valence-electron chi connectivity index (χ1n) is 11.0. The van der Waals surface area contributed by atoms with Gasteiger partial charge in [0.1, 0.15) is 0 Å². The van der Waals surface area contributed by atoms with E-state index in [-0.39, 0.29) is 5.91 Å². The molecule has 33 heavy (non-hydrogen) atoms. The quantitative estimate of drug-likeness (QED) is 0.368. The van der Waals surface area contributed by atoms with Gasteiger partial charge in [-0.2, -0.15) is 15.2 Å². The highest BCUT2D eigenvalue weighted by Gasteiger charge is 2.29. The number of anilines is 1. The number of aromatic nitrogens is 2. The lowest BCUT2D eigenvalue weighted by Crippen LogP contribution is -2.21. The molecule has 0 bridgehead atoms. The molecular formula is C28H24N4O. The number of carbonyl (C=O) groups is 1. The Labute approximate surface area is 193 Å². The van der Waals surface area contributed by atoms with Gasteiger partial charge in [0.05, 0.1) is 28.4 Å². The van der Waals surface area contributed by atoms with Crippen LogP contribution in [-0.4, -0.2) is 21.4 Å². The van der Waals surface area contributed by atoms with Crippen LogP contribution < -0.4 is 5.01 Å². The zero-order chi connectivity index (χ0) is 22.8. The van der Waals surface area contributed by atoms with Crippen molar-refractivity contribution in [2.45, 2.75) is 20.3 Å². The van der Waals surface area contributed by atoms with E-state index < -0.39 is 0 Å². The van der Waals surface area contributed by atoms with Crippen molar-refractivity contribution < 1.29 is 4.79 Å². The summed E-state index contributed by atoms with van der Waals surface area (Å²) in [6.07, 6.45) is 4.85. The van der Waals surface area contributed by atoms with Crippen molar-refractivity contribution in [1.29, 1.82) is 0 Å². The third-order valence-electron chi connectivity index (χ3n) is 5.76. The number of carbonyl (C=O) groups excluding carboxylic acids is 1. The van der Waals surface area contributed by atoms with Crippen molar-refractivity contribution in [2.24, 2.45) is 5.10 Å². The highest BCUT2D eigenvalue weighted by molar-refractivity contribution is 6.32. The molecule has 5 heteroatoms. The van der Waals surface area contributed by atoms with E-state index in [2.05, 4.69) is 36.3 Å². The Hall–Kier alpha value is -4.25. The molecule has 0 saturated carbocycles. The smallest absolute Gasteiger partial charge is 0.267 e. The lowest BCUT2D eigenvalue weighted by Gasteiger charge is -2.11. The number of hydrogen-bond acceptors (Lipinski definition) is 3. The van der Waals surface area contributed by atoms with Crippen LogP contribution in [0.25, 0.3) is 23.0 Å². The van der Waals surface area contributed by atoms with Gasteiger partial charge in [0, 0.05) is 17.3 Å². The molecule has 0 unspecified atom stereocenters. The maximum atomic E-state index is 13.2. The van der Waals surface area contributed by atoms with Crippen molar-refractivity contribution >= 4 is 23.4 Å². The predicted molar refractivity (Wildman–Crippen MR) is 133 cm³/mol. The Morgan fingerprint density at radius 1 is 0.848 bits per heavy atom. The first kappa shape index (κ1) is 20.6. The molecule has 0 saturated heterocycles. The van der Waals surface area contributed by atoms with Gasteiger partial charge in [0.2, 0.25) is 0 Å². The molecule has 0 spiro atoms. The molecule has 162 valence electrons. The molecule has 0 N–H and O–H groups in total. The SMILES string of the molecule is CCc1ccc(-c2nn(-c3ccccc3)cc2C=C2C(=O)N(c3ccccc3)N=C2C)cc1. The number of benzene rings is 3. The average molecular weight is 433 g/mol. The molecule has 0 radical (unpaired) electrons. The molecule has 3 aromatic carbocycles. The molecule has 5 rings (SSSR count). The number of nitrogens with zero attached hydrogens (tertiary/aromatic N) is 4. The van der Waals surface area contributed by atoms with Crippen molar-refractivity contribution in [3.8, 4) is 16.9 Å². The van der Waals surface area contributed by atoms with Crippen LogP contribution in [0.5, 0.6) is 0 Å². The first-order chi connectivity index (χ1) is 16.1. The second-order valence-electron chi connectivity index (χ2n) is 7.96. The summed E-state index contributed by atoms with van der Waals surface area (Å²) < 4.78 is 1.86. The summed E-state index contributed by atoms with van der Waals surface area (Å²) in [6, 6.07) is 27.9. The molecule has 1 amide bonds. The van der Waals surface area contributed by atoms with Crippen molar-refractivity contribution in [2.75, 3.05) is 5.01 Å². The Bertz CT molecular complexity index is 1350. The summed E-state index contributed by atoms with van der Waals surface area (Å²) in [7, 11) is 0. The van der Waals surface area contributed by atoms with Crippen LogP contribution in [0.15, 0.2) is 102 Å². The average Bonchev–Trinajstić information content (AvgIpc) is 3.42. The molecule has 4 aromatic rings. The van der Waals surface area contributed by atoms with Gasteiger partial charge in [-0.15, -0.1) is 0 Å². The first-order valence-corrected chi connectivity index (χ1v) is 11.0. The Balaban J connectivity index is 1.59. The van der Waals surface area contributed by atoms with E-state index in [1.165, 1.54) is 10.6 Å². The van der Waals surface area contributed by atoms with Crippen LogP contribution in [0.3, 0.4) is 0 Å². The van der Waals surface area contributed by atoms with Crippen LogP contribution in [0.2, 0.25) is 0 Å².